The molecular formula is C39H42F8N4O7. The largest absolute Gasteiger partial charge is 0.497 e. The van der Waals surface area contributed by atoms with E-state index in [9.17, 15) is 50.3 Å². The molecule has 3 aromatic carbocycles. The molecule has 58 heavy (non-hydrogen) atoms. The maximum absolute atomic E-state index is 15.6. The Balaban J connectivity index is 2.03. The van der Waals surface area contributed by atoms with E-state index in [1.165, 1.54) is 69.5 Å². The van der Waals surface area contributed by atoms with Crippen LogP contribution in [0.2, 0.25) is 0 Å². The van der Waals surface area contributed by atoms with Crippen LogP contribution >= 0.6 is 0 Å². The number of hydrogen-bond acceptors (Lipinski definition) is 7. The van der Waals surface area contributed by atoms with Crippen LogP contribution in [0.15, 0.2) is 72.8 Å². The lowest BCUT2D eigenvalue weighted by Gasteiger charge is -2.28. The van der Waals surface area contributed by atoms with Gasteiger partial charge in [0.25, 0.3) is 11.7 Å². The van der Waals surface area contributed by atoms with Gasteiger partial charge >= 0.3 is 24.4 Å². The predicted octanol–water partition coefficient (Wildman–Crippen LogP) is 6.69. The average molecular weight is 831 g/mol. The Labute approximate surface area is 328 Å². The van der Waals surface area contributed by atoms with Gasteiger partial charge in [0.15, 0.2) is 0 Å². The summed E-state index contributed by atoms with van der Waals surface area (Å²) in [6.07, 6.45) is -12.0. The minimum Gasteiger partial charge on any atom is -0.497 e. The van der Waals surface area contributed by atoms with Crippen LogP contribution in [0.5, 0.6) is 5.75 Å². The van der Waals surface area contributed by atoms with Crippen LogP contribution in [-0.4, -0.2) is 60.6 Å². The van der Waals surface area contributed by atoms with Crippen molar-refractivity contribution >= 4 is 29.6 Å². The van der Waals surface area contributed by atoms with Gasteiger partial charge in [0, 0.05) is 18.5 Å². The van der Waals surface area contributed by atoms with E-state index >= 15 is 8.78 Å². The highest BCUT2D eigenvalue weighted by molar-refractivity contribution is 5.97. The molecule has 0 saturated heterocycles. The van der Waals surface area contributed by atoms with Gasteiger partial charge in [0.05, 0.1) is 18.7 Å². The maximum Gasteiger partial charge on any atom is 0.452 e. The summed E-state index contributed by atoms with van der Waals surface area (Å²) in [5, 5.41) is 8.50. The molecule has 0 aliphatic heterocycles. The van der Waals surface area contributed by atoms with Gasteiger partial charge in [-0.15, -0.1) is 0 Å². The fourth-order valence-corrected chi connectivity index (χ4v) is 5.39. The molecule has 4 amide bonds. The zero-order valence-electron chi connectivity index (χ0n) is 32.0. The Morgan fingerprint density at radius 1 is 0.690 bits per heavy atom. The number of Topliss-reactive ketones (excluding diaryl/α,β-unsaturated/α-hetero) is 1. The van der Waals surface area contributed by atoms with Gasteiger partial charge in [-0.05, 0) is 61.6 Å². The fraction of sp³-hybridized carbons (Fsp3) is 0.410. The predicted molar refractivity (Wildman–Crippen MR) is 192 cm³/mol. The molecule has 3 aromatic rings. The van der Waals surface area contributed by atoms with Crippen molar-refractivity contribution in [1.29, 1.82) is 0 Å². The lowest BCUT2D eigenvalue weighted by Crippen LogP contribution is -2.56. The third-order valence-corrected chi connectivity index (χ3v) is 8.30. The highest BCUT2D eigenvalue weighted by Gasteiger charge is 2.49. The van der Waals surface area contributed by atoms with Gasteiger partial charge in [0.1, 0.15) is 23.4 Å². The number of amides is 4. The number of ether oxygens (including phenoxy) is 2. The normalized spacial score (nSPS) is 13.8. The van der Waals surface area contributed by atoms with E-state index in [0.29, 0.717) is 17.7 Å². The summed E-state index contributed by atoms with van der Waals surface area (Å²) in [5.74, 6) is -13.1. The fourth-order valence-electron chi connectivity index (χ4n) is 5.39. The van der Waals surface area contributed by atoms with E-state index in [-0.39, 0.29) is 23.4 Å². The topological polar surface area (TPSA) is 152 Å². The number of alkyl halides is 8. The molecule has 0 heterocycles. The molecule has 0 fully saturated rings. The van der Waals surface area contributed by atoms with E-state index in [2.05, 4.69) is 10.6 Å². The third kappa shape index (κ3) is 12.9. The first-order valence-corrected chi connectivity index (χ1v) is 17.5. The van der Waals surface area contributed by atoms with Crippen LogP contribution in [-0.2, 0) is 49.0 Å². The molecule has 0 saturated carbocycles. The van der Waals surface area contributed by atoms with Crippen LogP contribution in [0.3, 0.4) is 0 Å². The Kier molecular flexibility index (Phi) is 15.0. The van der Waals surface area contributed by atoms with Crippen LogP contribution < -0.4 is 26.0 Å². The molecule has 11 nitrogen and oxygen atoms in total. The van der Waals surface area contributed by atoms with Crippen LogP contribution in [0, 0.1) is 5.92 Å². The van der Waals surface area contributed by atoms with Crippen LogP contribution in [0.25, 0.3) is 0 Å². The summed E-state index contributed by atoms with van der Waals surface area (Å²) in [7, 11) is 1.30. The van der Waals surface area contributed by atoms with Crippen molar-refractivity contribution in [3.8, 4) is 5.75 Å². The second-order valence-electron chi connectivity index (χ2n) is 14.3. The lowest BCUT2D eigenvalue weighted by atomic mass is 9.97. The Morgan fingerprint density at radius 3 is 1.74 bits per heavy atom. The highest BCUT2D eigenvalue weighted by Crippen LogP contribution is 2.39. The zero-order valence-corrected chi connectivity index (χ0v) is 32.0. The number of alkyl carbamates (subject to hydrolysis) is 1. The van der Waals surface area contributed by atoms with Gasteiger partial charge in [0.2, 0.25) is 11.8 Å². The third-order valence-electron chi connectivity index (χ3n) is 8.30. The van der Waals surface area contributed by atoms with E-state index in [4.69, 9.17) is 9.47 Å². The summed E-state index contributed by atoms with van der Waals surface area (Å²) in [6.45, 7) is 7.36. The number of ketones is 1. The van der Waals surface area contributed by atoms with E-state index in [0.717, 1.165) is 12.1 Å². The molecule has 0 aliphatic rings. The first-order chi connectivity index (χ1) is 26.7. The summed E-state index contributed by atoms with van der Waals surface area (Å²) in [5.41, 5.74) is -3.74. The smallest absolute Gasteiger partial charge is 0.452 e. The summed E-state index contributed by atoms with van der Waals surface area (Å²) in [6, 6.07) is 7.11. The monoisotopic (exact) mass is 830 g/mol. The molecule has 0 bridgehead atoms. The van der Waals surface area contributed by atoms with Crippen molar-refractivity contribution < 1.29 is 68.6 Å². The van der Waals surface area contributed by atoms with Gasteiger partial charge in [-0.1, -0.05) is 68.4 Å². The van der Waals surface area contributed by atoms with E-state index in [1.54, 1.807) is 26.1 Å². The van der Waals surface area contributed by atoms with Crippen molar-refractivity contribution in [3.05, 3.63) is 101 Å². The number of hydrogen-bond donors (Lipinski definition) is 4. The van der Waals surface area contributed by atoms with Gasteiger partial charge in [-0.25, -0.2) is 4.79 Å². The van der Waals surface area contributed by atoms with Gasteiger partial charge < -0.3 is 30.7 Å². The molecule has 0 aromatic heterocycles. The van der Waals surface area contributed by atoms with Crippen molar-refractivity contribution in [2.75, 3.05) is 7.11 Å². The molecule has 0 unspecified atom stereocenters. The minimum absolute atomic E-state index is 0.0342. The standard InChI is InChI=1S/C39H42F8N4O7/c1-21(2)29(31(52)39(45,46)47)50-33(54)30(24-15-17-25(57-6)18-16-24)51-32(53)28(19-22-11-13-23(14-12-22)20-48-35(56)58-36(3,4)5)49-34(55)37(40,41)26-9-7-8-10-27(26)38(42,43)44/h7-18,21,28-30H,19-20H2,1-6H3,(H,48,56)(H,49,55)(H,50,54)(H,51,53)/t28-,29-,30-/m0/s1. The second-order valence-corrected chi connectivity index (χ2v) is 14.3. The number of methoxy groups -OCH3 is 1. The molecule has 3 rings (SSSR count). The first kappa shape index (κ1) is 46.6. The molecule has 316 valence electrons. The minimum atomic E-state index is -5.37. The summed E-state index contributed by atoms with van der Waals surface area (Å²) < 4.78 is 123. The van der Waals surface area contributed by atoms with Crippen molar-refractivity contribution in [2.24, 2.45) is 5.92 Å². The number of carbonyl (C=O) groups excluding carboxylic acids is 5. The molecule has 0 aliphatic carbocycles. The van der Waals surface area contributed by atoms with Crippen molar-refractivity contribution in [3.63, 3.8) is 0 Å². The molecule has 19 heteroatoms. The molecule has 4 N–H and O–H groups in total. The number of rotatable bonds is 15. The molecular weight excluding hydrogens is 788 g/mol. The lowest BCUT2D eigenvalue weighted by molar-refractivity contribution is -0.175. The average Bonchev–Trinajstić information content (AvgIpc) is 3.13. The van der Waals surface area contributed by atoms with Crippen LogP contribution in [0.1, 0.15) is 68.5 Å². The Morgan fingerprint density at radius 2 is 1.24 bits per heavy atom. The number of carbonyl (C=O) groups is 5. The number of nitrogens with one attached hydrogen (secondary N) is 4. The number of halogens is 8. The van der Waals surface area contributed by atoms with Gasteiger partial charge in [-0.2, -0.15) is 35.1 Å². The van der Waals surface area contributed by atoms with E-state index < -0.39 is 95.1 Å². The molecule has 0 radical (unpaired) electrons. The zero-order chi connectivity index (χ0) is 43.8. The molecule has 0 spiro atoms. The Bertz CT molecular complexity index is 1930. The summed E-state index contributed by atoms with van der Waals surface area (Å²) in [4.78, 5) is 65.2. The van der Waals surface area contributed by atoms with Gasteiger partial charge in [-0.3, -0.25) is 19.2 Å². The van der Waals surface area contributed by atoms with Crippen molar-refractivity contribution in [1.82, 2.24) is 21.3 Å². The van der Waals surface area contributed by atoms with E-state index in [1.807, 2.05) is 5.32 Å². The first-order valence-electron chi connectivity index (χ1n) is 17.5. The Hall–Kier alpha value is -5.75. The van der Waals surface area contributed by atoms with Crippen molar-refractivity contribution in [2.45, 2.75) is 89.6 Å². The van der Waals surface area contributed by atoms with Crippen LogP contribution in [0.4, 0.5) is 39.9 Å². The molecule has 3 atom stereocenters. The summed E-state index contributed by atoms with van der Waals surface area (Å²) >= 11 is 0. The number of benzene rings is 3. The highest BCUT2D eigenvalue weighted by atomic mass is 19.4. The SMILES string of the molecule is COc1ccc([C@H](NC(=O)[C@H](Cc2ccc(CNC(=O)OC(C)(C)C)cc2)NC(=O)C(F)(F)c2ccccc2C(F)(F)F)C(=O)N[C@H](C(=O)C(F)(F)F)C(C)C)cc1. The maximum atomic E-state index is 15.6. The quantitative estimate of drug-likeness (QED) is 0.125. The second kappa shape index (κ2) is 18.7.